The van der Waals surface area contributed by atoms with Crippen LogP contribution in [-0.4, -0.2) is 36.0 Å². The van der Waals surface area contributed by atoms with Crippen LogP contribution in [0.15, 0.2) is 30.3 Å². The van der Waals surface area contributed by atoms with Crippen LogP contribution in [0.2, 0.25) is 0 Å². The molecule has 0 N–H and O–H groups in total. The van der Waals surface area contributed by atoms with E-state index < -0.39 is 6.04 Å². The molecule has 1 fully saturated rings. The zero-order valence-electron chi connectivity index (χ0n) is 11.2. The largest absolute Gasteiger partial charge is 0.464 e. The van der Waals surface area contributed by atoms with Crippen molar-refractivity contribution in [3.05, 3.63) is 35.9 Å². The van der Waals surface area contributed by atoms with E-state index >= 15 is 0 Å². The predicted molar refractivity (Wildman–Crippen MR) is 71.5 cm³/mol. The van der Waals surface area contributed by atoms with Gasteiger partial charge >= 0.3 is 5.97 Å². The molecule has 1 aromatic rings. The Morgan fingerprint density at radius 1 is 1.32 bits per heavy atom. The molecule has 1 amide bonds. The minimum absolute atomic E-state index is 0.00162. The number of carbonyl (C=O) groups is 2. The van der Waals surface area contributed by atoms with Gasteiger partial charge in [-0.05, 0) is 25.3 Å². The van der Waals surface area contributed by atoms with E-state index in [0.29, 0.717) is 26.0 Å². The van der Waals surface area contributed by atoms with Crippen LogP contribution in [0.3, 0.4) is 0 Å². The fraction of sp³-hybridized carbons (Fsp3) is 0.467. The molecule has 1 saturated heterocycles. The maximum atomic E-state index is 12.3. The van der Waals surface area contributed by atoms with Crippen LogP contribution in [0, 0.1) is 0 Å². The molecule has 0 aliphatic carbocycles. The maximum Gasteiger partial charge on any atom is 0.328 e. The van der Waals surface area contributed by atoms with Crippen molar-refractivity contribution in [1.82, 2.24) is 4.90 Å². The number of rotatable bonds is 4. The standard InChI is InChI=1S/C15H19NO3/c1-2-19-15(18)13-9-6-10-16(13)14(17)11-12-7-4-3-5-8-12/h3-5,7-8,13H,2,6,9-11H2,1H3. The topological polar surface area (TPSA) is 46.6 Å². The Balaban J connectivity index is 2.00. The van der Waals surface area contributed by atoms with Crippen molar-refractivity contribution < 1.29 is 14.3 Å². The van der Waals surface area contributed by atoms with E-state index in [1.54, 1.807) is 11.8 Å². The van der Waals surface area contributed by atoms with Gasteiger partial charge in [-0.2, -0.15) is 0 Å². The van der Waals surface area contributed by atoms with Gasteiger partial charge in [0.25, 0.3) is 0 Å². The minimum atomic E-state index is -0.392. The molecule has 1 aliphatic rings. The molecule has 4 heteroatoms. The molecule has 0 bridgehead atoms. The normalized spacial score (nSPS) is 18.4. The average molecular weight is 261 g/mol. The average Bonchev–Trinajstić information content (AvgIpc) is 2.89. The lowest BCUT2D eigenvalue weighted by molar-refractivity contribution is -0.152. The van der Waals surface area contributed by atoms with E-state index in [1.807, 2.05) is 30.3 Å². The van der Waals surface area contributed by atoms with Crippen LogP contribution in [-0.2, 0) is 20.7 Å². The van der Waals surface area contributed by atoms with Crippen LogP contribution in [0.4, 0.5) is 0 Å². The molecule has 0 radical (unpaired) electrons. The first kappa shape index (κ1) is 13.6. The van der Waals surface area contributed by atoms with Gasteiger partial charge in [-0.15, -0.1) is 0 Å². The van der Waals surface area contributed by atoms with Crippen molar-refractivity contribution in [2.75, 3.05) is 13.2 Å². The lowest BCUT2D eigenvalue weighted by Crippen LogP contribution is -2.42. The molecule has 102 valence electrons. The second-order valence-electron chi connectivity index (χ2n) is 4.66. The molecular weight excluding hydrogens is 242 g/mol. The number of ether oxygens (including phenoxy) is 1. The van der Waals surface area contributed by atoms with E-state index in [9.17, 15) is 9.59 Å². The number of esters is 1. The Hall–Kier alpha value is -1.84. The van der Waals surface area contributed by atoms with Crippen molar-refractivity contribution in [3.63, 3.8) is 0 Å². The van der Waals surface area contributed by atoms with Crippen molar-refractivity contribution in [2.24, 2.45) is 0 Å². The highest BCUT2D eigenvalue weighted by molar-refractivity contribution is 5.86. The smallest absolute Gasteiger partial charge is 0.328 e. The quantitative estimate of drug-likeness (QED) is 0.776. The summed E-state index contributed by atoms with van der Waals surface area (Å²) in [5.74, 6) is -0.275. The summed E-state index contributed by atoms with van der Waals surface area (Å²) >= 11 is 0. The van der Waals surface area contributed by atoms with Gasteiger partial charge in [0, 0.05) is 6.54 Å². The van der Waals surface area contributed by atoms with Crippen molar-refractivity contribution >= 4 is 11.9 Å². The maximum absolute atomic E-state index is 12.3. The summed E-state index contributed by atoms with van der Waals surface area (Å²) in [6, 6.07) is 9.20. The Morgan fingerprint density at radius 3 is 2.74 bits per heavy atom. The molecule has 0 aromatic heterocycles. The summed E-state index contributed by atoms with van der Waals surface area (Å²) < 4.78 is 5.02. The first-order chi connectivity index (χ1) is 9.22. The van der Waals surface area contributed by atoms with Gasteiger partial charge in [-0.25, -0.2) is 4.79 Å². The van der Waals surface area contributed by atoms with Crippen molar-refractivity contribution in [2.45, 2.75) is 32.2 Å². The molecule has 2 rings (SSSR count). The van der Waals surface area contributed by atoms with E-state index in [2.05, 4.69) is 0 Å². The fourth-order valence-electron chi connectivity index (χ4n) is 2.42. The highest BCUT2D eigenvalue weighted by atomic mass is 16.5. The first-order valence-electron chi connectivity index (χ1n) is 6.72. The third-order valence-corrected chi connectivity index (χ3v) is 3.33. The molecule has 1 atom stereocenters. The van der Waals surface area contributed by atoms with E-state index in [1.165, 1.54) is 0 Å². The van der Waals surface area contributed by atoms with Gasteiger partial charge in [0.1, 0.15) is 6.04 Å². The molecular formula is C15H19NO3. The summed E-state index contributed by atoms with van der Waals surface area (Å²) in [7, 11) is 0. The van der Waals surface area contributed by atoms with Gasteiger partial charge in [0.05, 0.1) is 13.0 Å². The second kappa shape index (κ2) is 6.36. The first-order valence-corrected chi connectivity index (χ1v) is 6.72. The molecule has 0 saturated carbocycles. The molecule has 19 heavy (non-hydrogen) atoms. The highest BCUT2D eigenvalue weighted by Gasteiger charge is 2.34. The number of amides is 1. The zero-order chi connectivity index (χ0) is 13.7. The van der Waals surface area contributed by atoms with E-state index in [4.69, 9.17) is 4.74 Å². The minimum Gasteiger partial charge on any atom is -0.464 e. The Morgan fingerprint density at radius 2 is 2.05 bits per heavy atom. The monoisotopic (exact) mass is 261 g/mol. The lowest BCUT2D eigenvalue weighted by atomic mass is 10.1. The number of likely N-dealkylation sites (tertiary alicyclic amines) is 1. The summed E-state index contributed by atoms with van der Waals surface area (Å²) in [4.78, 5) is 25.7. The van der Waals surface area contributed by atoms with Gasteiger partial charge in [-0.1, -0.05) is 30.3 Å². The van der Waals surface area contributed by atoms with Gasteiger partial charge < -0.3 is 9.64 Å². The zero-order valence-corrected chi connectivity index (χ0v) is 11.2. The summed E-state index contributed by atoms with van der Waals surface area (Å²) in [6.45, 7) is 2.79. The third-order valence-electron chi connectivity index (χ3n) is 3.33. The number of benzene rings is 1. The van der Waals surface area contributed by atoms with Crippen LogP contribution in [0.5, 0.6) is 0 Å². The predicted octanol–water partition coefficient (Wildman–Crippen LogP) is 1.78. The lowest BCUT2D eigenvalue weighted by Gasteiger charge is -2.23. The van der Waals surface area contributed by atoms with Crippen molar-refractivity contribution in [1.29, 1.82) is 0 Å². The number of carbonyl (C=O) groups excluding carboxylic acids is 2. The number of hydrogen-bond acceptors (Lipinski definition) is 3. The summed E-state index contributed by atoms with van der Waals surface area (Å²) in [5, 5.41) is 0. The highest BCUT2D eigenvalue weighted by Crippen LogP contribution is 2.19. The van der Waals surface area contributed by atoms with Gasteiger partial charge in [-0.3, -0.25) is 4.79 Å². The molecule has 4 nitrogen and oxygen atoms in total. The van der Waals surface area contributed by atoms with Crippen LogP contribution < -0.4 is 0 Å². The van der Waals surface area contributed by atoms with Crippen LogP contribution in [0.1, 0.15) is 25.3 Å². The second-order valence-corrected chi connectivity index (χ2v) is 4.66. The Labute approximate surface area is 113 Å². The number of nitrogens with zero attached hydrogens (tertiary/aromatic N) is 1. The van der Waals surface area contributed by atoms with E-state index in [0.717, 1.165) is 12.0 Å². The number of hydrogen-bond donors (Lipinski definition) is 0. The van der Waals surface area contributed by atoms with Crippen molar-refractivity contribution in [3.8, 4) is 0 Å². The van der Waals surface area contributed by atoms with Gasteiger partial charge in [0.15, 0.2) is 0 Å². The SMILES string of the molecule is CCOC(=O)C1CCCN1C(=O)Cc1ccccc1. The summed E-state index contributed by atoms with van der Waals surface area (Å²) in [5.41, 5.74) is 0.974. The molecule has 1 heterocycles. The Bertz CT molecular complexity index is 444. The van der Waals surface area contributed by atoms with Crippen LogP contribution >= 0.6 is 0 Å². The summed E-state index contributed by atoms with van der Waals surface area (Å²) in [6.07, 6.45) is 1.92. The van der Waals surface area contributed by atoms with E-state index in [-0.39, 0.29) is 11.9 Å². The Kier molecular flexibility index (Phi) is 4.55. The molecule has 1 unspecified atom stereocenters. The van der Waals surface area contributed by atoms with Crippen LogP contribution in [0.25, 0.3) is 0 Å². The molecule has 1 aliphatic heterocycles. The third kappa shape index (κ3) is 3.34. The van der Waals surface area contributed by atoms with Gasteiger partial charge in [0.2, 0.25) is 5.91 Å². The molecule has 1 aromatic carbocycles. The fourth-order valence-corrected chi connectivity index (χ4v) is 2.42. The molecule has 0 spiro atoms.